The van der Waals surface area contributed by atoms with Gasteiger partial charge in [-0.25, -0.2) is 4.98 Å². The fraction of sp³-hybridized carbons (Fsp3) is 0.154. The van der Waals surface area contributed by atoms with Crippen molar-refractivity contribution >= 4 is 39.6 Å². The third-order valence-electron chi connectivity index (χ3n) is 5.76. The van der Waals surface area contributed by atoms with Gasteiger partial charge in [-0.3, -0.25) is 14.6 Å². The SMILES string of the molecule is Cc1cc(C(C)Oc2ccc(Cl)nc2C(N)=O)c2oc(-c3cnc4ccoc4c3)c(C)c(=O)c2c1. The van der Waals surface area contributed by atoms with Gasteiger partial charge in [0.1, 0.15) is 28.1 Å². The van der Waals surface area contributed by atoms with Crippen LogP contribution in [0.25, 0.3) is 33.4 Å². The van der Waals surface area contributed by atoms with Crippen molar-refractivity contribution in [2.24, 2.45) is 5.73 Å². The number of primary amides is 1. The third-order valence-corrected chi connectivity index (χ3v) is 5.97. The summed E-state index contributed by atoms with van der Waals surface area (Å²) >= 11 is 5.91. The third kappa shape index (κ3) is 4.02. The maximum atomic E-state index is 13.4. The van der Waals surface area contributed by atoms with E-state index < -0.39 is 12.0 Å². The van der Waals surface area contributed by atoms with E-state index in [1.807, 2.05) is 13.0 Å². The molecule has 0 saturated heterocycles. The predicted molar refractivity (Wildman–Crippen MR) is 132 cm³/mol. The second kappa shape index (κ2) is 8.56. The highest BCUT2D eigenvalue weighted by Crippen LogP contribution is 2.34. The van der Waals surface area contributed by atoms with Gasteiger partial charge in [0.25, 0.3) is 5.91 Å². The highest BCUT2D eigenvalue weighted by atomic mass is 35.5. The number of amides is 1. The van der Waals surface area contributed by atoms with Crippen molar-refractivity contribution in [2.45, 2.75) is 26.9 Å². The molecular formula is C26H20ClN3O5. The Kier molecular flexibility index (Phi) is 5.53. The van der Waals surface area contributed by atoms with E-state index in [1.54, 1.807) is 44.5 Å². The van der Waals surface area contributed by atoms with E-state index in [9.17, 15) is 9.59 Å². The van der Waals surface area contributed by atoms with Crippen LogP contribution in [-0.2, 0) is 0 Å². The van der Waals surface area contributed by atoms with Gasteiger partial charge < -0.3 is 19.3 Å². The molecule has 0 fully saturated rings. The number of aromatic nitrogens is 2. The molecule has 1 atom stereocenters. The predicted octanol–water partition coefficient (Wildman–Crippen LogP) is 5.51. The molecule has 4 heterocycles. The molecule has 1 aromatic carbocycles. The van der Waals surface area contributed by atoms with Crippen LogP contribution in [-0.4, -0.2) is 15.9 Å². The van der Waals surface area contributed by atoms with Crippen molar-refractivity contribution in [3.8, 4) is 17.1 Å². The average Bonchev–Trinajstić information content (AvgIpc) is 3.30. The summed E-state index contributed by atoms with van der Waals surface area (Å²) < 4.78 is 17.9. The summed E-state index contributed by atoms with van der Waals surface area (Å²) in [4.78, 5) is 33.6. The minimum atomic E-state index is -0.769. The molecule has 0 aliphatic carbocycles. The first-order valence-corrected chi connectivity index (χ1v) is 11.2. The fourth-order valence-corrected chi connectivity index (χ4v) is 4.21. The Labute approximate surface area is 204 Å². The van der Waals surface area contributed by atoms with Crippen molar-refractivity contribution in [1.29, 1.82) is 0 Å². The average molecular weight is 490 g/mol. The zero-order valence-electron chi connectivity index (χ0n) is 19.1. The second-order valence-corrected chi connectivity index (χ2v) is 8.64. The van der Waals surface area contributed by atoms with Crippen LogP contribution >= 0.6 is 11.6 Å². The maximum Gasteiger partial charge on any atom is 0.271 e. The molecule has 5 aromatic rings. The molecule has 0 aliphatic heterocycles. The molecule has 1 amide bonds. The number of ether oxygens (including phenoxy) is 1. The van der Waals surface area contributed by atoms with E-state index in [4.69, 9.17) is 30.9 Å². The Morgan fingerprint density at radius 1 is 1.17 bits per heavy atom. The number of nitrogens with two attached hydrogens (primary N) is 1. The first kappa shape index (κ1) is 22.6. The van der Waals surface area contributed by atoms with Crippen LogP contribution in [0, 0.1) is 13.8 Å². The lowest BCUT2D eigenvalue weighted by atomic mass is 10.00. The van der Waals surface area contributed by atoms with Crippen molar-refractivity contribution in [1.82, 2.24) is 9.97 Å². The van der Waals surface area contributed by atoms with Gasteiger partial charge in [0.2, 0.25) is 0 Å². The lowest BCUT2D eigenvalue weighted by Gasteiger charge is -2.19. The van der Waals surface area contributed by atoms with Gasteiger partial charge in [-0.1, -0.05) is 11.6 Å². The second-order valence-electron chi connectivity index (χ2n) is 8.25. The number of carbonyl (C=O) groups excluding carboxylic acids is 1. The number of aryl methyl sites for hydroxylation is 1. The van der Waals surface area contributed by atoms with Crippen LogP contribution in [0.3, 0.4) is 0 Å². The number of fused-ring (bicyclic) bond motifs is 2. The summed E-state index contributed by atoms with van der Waals surface area (Å²) in [6, 6.07) is 10.2. The van der Waals surface area contributed by atoms with E-state index >= 15 is 0 Å². The van der Waals surface area contributed by atoms with Crippen LogP contribution in [0.4, 0.5) is 0 Å². The molecule has 5 rings (SSSR count). The molecular weight excluding hydrogens is 470 g/mol. The number of benzene rings is 1. The summed E-state index contributed by atoms with van der Waals surface area (Å²) in [7, 11) is 0. The number of hydrogen-bond acceptors (Lipinski definition) is 7. The Bertz CT molecular complexity index is 1690. The maximum absolute atomic E-state index is 13.4. The Balaban J connectivity index is 1.67. The number of carbonyl (C=O) groups is 1. The number of halogens is 1. The van der Waals surface area contributed by atoms with Crippen LogP contribution in [0.1, 0.15) is 40.2 Å². The van der Waals surface area contributed by atoms with Gasteiger partial charge in [-0.05, 0) is 56.7 Å². The van der Waals surface area contributed by atoms with Crippen LogP contribution in [0.2, 0.25) is 5.15 Å². The minimum Gasteiger partial charge on any atom is -0.483 e. The van der Waals surface area contributed by atoms with E-state index in [1.165, 1.54) is 12.1 Å². The topological polar surface area (TPSA) is 121 Å². The molecule has 0 radical (unpaired) electrons. The molecule has 8 nitrogen and oxygen atoms in total. The van der Waals surface area contributed by atoms with Crippen molar-refractivity contribution in [2.75, 3.05) is 0 Å². The summed E-state index contributed by atoms with van der Waals surface area (Å²) in [5.41, 5.74) is 9.40. The van der Waals surface area contributed by atoms with Crippen LogP contribution in [0.15, 0.2) is 62.5 Å². The first-order chi connectivity index (χ1) is 16.7. The van der Waals surface area contributed by atoms with Gasteiger partial charge >= 0.3 is 0 Å². The summed E-state index contributed by atoms with van der Waals surface area (Å²) in [5, 5.41) is 0.543. The van der Waals surface area contributed by atoms with Gasteiger partial charge in [-0.15, -0.1) is 0 Å². The minimum absolute atomic E-state index is 0.0860. The summed E-state index contributed by atoms with van der Waals surface area (Å²) in [6.07, 6.45) is 2.57. The number of nitrogens with zero attached hydrogens (tertiary/aromatic N) is 2. The molecule has 0 spiro atoms. The van der Waals surface area contributed by atoms with E-state index in [0.717, 1.165) is 5.56 Å². The molecule has 1 unspecified atom stereocenters. The van der Waals surface area contributed by atoms with Gasteiger partial charge in [0.15, 0.2) is 22.5 Å². The Morgan fingerprint density at radius 3 is 2.74 bits per heavy atom. The molecule has 0 aliphatic rings. The lowest BCUT2D eigenvalue weighted by Crippen LogP contribution is -2.17. The Morgan fingerprint density at radius 2 is 1.97 bits per heavy atom. The number of hydrogen-bond donors (Lipinski definition) is 1. The lowest BCUT2D eigenvalue weighted by molar-refractivity contribution is 0.0988. The molecule has 4 aromatic heterocycles. The highest BCUT2D eigenvalue weighted by molar-refractivity contribution is 6.29. The smallest absolute Gasteiger partial charge is 0.271 e. The normalized spacial score (nSPS) is 12.2. The first-order valence-electron chi connectivity index (χ1n) is 10.8. The largest absolute Gasteiger partial charge is 0.483 e. The van der Waals surface area contributed by atoms with Gasteiger partial charge in [0, 0.05) is 29.0 Å². The van der Waals surface area contributed by atoms with Crippen LogP contribution < -0.4 is 15.9 Å². The zero-order valence-corrected chi connectivity index (χ0v) is 19.8. The van der Waals surface area contributed by atoms with Crippen LogP contribution in [0.5, 0.6) is 5.75 Å². The number of pyridine rings is 2. The summed E-state index contributed by atoms with van der Waals surface area (Å²) in [5.74, 6) is -0.211. The molecule has 0 saturated carbocycles. The number of rotatable bonds is 5. The van der Waals surface area contributed by atoms with E-state index in [-0.39, 0.29) is 22.0 Å². The molecule has 2 N–H and O–H groups in total. The van der Waals surface area contributed by atoms with E-state index in [0.29, 0.717) is 44.5 Å². The van der Waals surface area contributed by atoms with Gasteiger partial charge in [0.05, 0.1) is 11.6 Å². The quantitative estimate of drug-likeness (QED) is 0.323. The summed E-state index contributed by atoms with van der Waals surface area (Å²) in [6.45, 7) is 5.38. The monoisotopic (exact) mass is 489 g/mol. The molecule has 176 valence electrons. The molecule has 35 heavy (non-hydrogen) atoms. The van der Waals surface area contributed by atoms with Crippen molar-refractivity contribution in [3.05, 3.63) is 86.6 Å². The Hall–Kier alpha value is -4.17. The fourth-order valence-electron chi connectivity index (χ4n) is 4.06. The van der Waals surface area contributed by atoms with Crippen molar-refractivity contribution in [3.63, 3.8) is 0 Å². The number of furan rings is 1. The standard InChI is InChI=1S/C26H20ClN3O5/c1-12-8-16(14(3)34-19-4-5-21(27)30-22(19)26(28)32)25-17(9-12)23(31)13(2)24(35-25)15-10-20-18(29-11-15)6-7-33-20/h4-11,14H,1-3H3,(H2,28,32). The molecule has 0 bridgehead atoms. The highest BCUT2D eigenvalue weighted by Gasteiger charge is 2.22. The van der Waals surface area contributed by atoms with E-state index in [2.05, 4.69) is 9.97 Å². The zero-order chi connectivity index (χ0) is 24.9. The molecule has 9 heteroatoms. The van der Waals surface area contributed by atoms with Gasteiger partial charge in [-0.2, -0.15) is 0 Å². The van der Waals surface area contributed by atoms with Crippen molar-refractivity contribution < 1.29 is 18.4 Å².